The molecule has 2 heterocycles. The molecule has 7 heteroatoms. The zero-order valence-electron chi connectivity index (χ0n) is 15.2. The molecule has 1 N–H and O–H groups in total. The molecule has 1 saturated carbocycles. The second-order valence-electron chi connectivity index (χ2n) is 6.86. The third-order valence-corrected chi connectivity index (χ3v) is 4.87. The number of rotatable bonds is 6. The van der Waals surface area contributed by atoms with Crippen LogP contribution in [0.25, 0.3) is 5.65 Å². The Morgan fingerprint density at radius 2 is 2.12 bits per heavy atom. The minimum Gasteiger partial charge on any atom is -0.378 e. The molecular weight excluding hydrogens is 340 g/mol. The summed E-state index contributed by atoms with van der Waals surface area (Å²) in [6.07, 6.45) is 3.88. The lowest BCUT2D eigenvalue weighted by atomic mass is 9.92. The molecule has 2 aromatic heterocycles. The molecule has 5 nitrogen and oxygen atoms in total. The van der Waals surface area contributed by atoms with Gasteiger partial charge in [0.1, 0.15) is 11.3 Å². The summed E-state index contributed by atoms with van der Waals surface area (Å²) in [5, 5.41) is 3.02. The van der Waals surface area contributed by atoms with Crippen molar-refractivity contribution in [2.45, 2.75) is 64.5 Å². The van der Waals surface area contributed by atoms with Crippen LogP contribution in [0.15, 0.2) is 18.3 Å². The van der Waals surface area contributed by atoms with Crippen LogP contribution < -0.4 is 5.32 Å². The van der Waals surface area contributed by atoms with Crippen molar-refractivity contribution >= 4 is 11.6 Å². The molecule has 1 aliphatic carbocycles. The summed E-state index contributed by atoms with van der Waals surface area (Å²) in [5.74, 6) is -0.260. The molecule has 0 aliphatic heterocycles. The van der Waals surface area contributed by atoms with E-state index >= 15 is 0 Å². The van der Waals surface area contributed by atoms with Gasteiger partial charge in [-0.25, -0.2) is 13.8 Å². The van der Waals surface area contributed by atoms with Gasteiger partial charge < -0.3 is 14.5 Å². The minimum absolute atomic E-state index is 0.0818. The maximum atomic E-state index is 13.0. The van der Waals surface area contributed by atoms with Crippen LogP contribution in [0.3, 0.4) is 0 Å². The van der Waals surface area contributed by atoms with Gasteiger partial charge in [0.15, 0.2) is 0 Å². The van der Waals surface area contributed by atoms with Crippen LogP contribution in [0.1, 0.15) is 67.2 Å². The van der Waals surface area contributed by atoms with E-state index in [9.17, 15) is 13.6 Å². The summed E-state index contributed by atoms with van der Waals surface area (Å²) in [6, 6.07) is 3.06. The van der Waals surface area contributed by atoms with Crippen LogP contribution >= 0.6 is 0 Å². The summed E-state index contributed by atoms with van der Waals surface area (Å²) in [4.78, 5) is 16.6. The Morgan fingerprint density at radius 1 is 1.38 bits per heavy atom. The van der Waals surface area contributed by atoms with Gasteiger partial charge in [-0.1, -0.05) is 6.92 Å². The average molecular weight is 365 g/mol. The Hall–Kier alpha value is -2.02. The van der Waals surface area contributed by atoms with Gasteiger partial charge in [0.25, 0.3) is 12.3 Å². The lowest BCUT2D eigenvalue weighted by Gasteiger charge is -2.29. The number of carbonyl (C=O) groups excluding carboxylic acids is 1. The number of amides is 1. The highest BCUT2D eigenvalue weighted by Gasteiger charge is 2.24. The molecule has 142 valence electrons. The summed E-state index contributed by atoms with van der Waals surface area (Å²) in [7, 11) is 0. The van der Waals surface area contributed by atoms with Crippen LogP contribution in [0.2, 0.25) is 0 Å². The number of aryl methyl sites for hydroxylation is 1. The van der Waals surface area contributed by atoms with Gasteiger partial charge in [-0.05, 0) is 51.2 Å². The quantitative estimate of drug-likeness (QED) is 0.840. The highest BCUT2D eigenvalue weighted by molar-refractivity contribution is 6.00. The van der Waals surface area contributed by atoms with E-state index in [0.29, 0.717) is 11.3 Å². The molecular formula is C19H25F2N3O2. The number of carbonyl (C=O) groups is 1. The van der Waals surface area contributed by atoms with Crippen molar-refractivity contribution in [1.29, 1.82) is 0 Å². The van der Waals surface area contributed by atoms with Gasteiger partial charge >= 0.3 is 0 Å². The third kappa shape index (κ3) is 4.03. The SMILES string of the molecule is CCCOC1CCC(NC(=O)c2ccn3c(C)cc(C(F)F)nc23)CC1. The van der Waals surface area contributed by atoms with Crippen LogP contribution in [0.5, 0.6) is 0 Å². The van der Waals surface area contributed by atoms with Gasteiger partial charge in [-0.2, -0.15) is 0 Å². The summed E-state index contributed by atoms with van der Waals surface area (Å²) >= 11 is 0. The number of aromatic nitrogens is 2. The van der Waals surface area contributed by atoms with E-state index < -0.39 is 6.43 Å². The predicted molar refractivity (Wildman–Crippen MR) is 94.6 cm³/mol. The van der Waals surface area contributed by atoms with Crippen LogP contribution in [-0.2, 0) is 4.74 Å². The Balaban J connectivity index is 1.69. The molecule has 0 aromatic carbocycles. The molecule has 26 heavy (non-hydrogen) atoms. The fourth-order valence-electron chi connectivity index (χ4n) is 3.47. The molecule has 1 amide bonds. The van der Waals surface area contributed by atoms with E-state index in [2.05, 4.69) is 17.2 Å². The summed E-state index contributed by atoms with van der Waals surface area (Å²) in [5.41, 5.74) is 0.923. The smallest absolute Gasteiger partial charge is 0.280 e. The number of hydrogen-bond donors (Lipinski definition) is 1. The van der Waals surface area contributed by atoms with Crippen LogP contribution in [0, 0.1) is 6.92 Å². The van der Waals surface area contributed by atoms with E-state index in [0.717, 1.165) is 38.7 Å². The molecule has 0 radical (unpaired) electrons. The van der Waals surface area contributed by atoms with E-state index in [4.69, 9.17) is 4.74 Å². The highest BCUT2D eigenvalue weighted by Crippen LogP contribution is 2.24. The Morgan fingerprint density at radius 3 is 2.77 bits per heavy atom. The number of nitrogens with zero attached hydrogens (tertiary/aromatic N) is 2. The summed E-state index contributed by atoms with van der Waals surface area (Å²) in [6.45, 7) is 4.58. The van der Waals surface area contributed by atoms with E-state index in [1.165, 1.54) is 6.07 Å². The van der Waals surface area contributed by atoms with Crippen molar-refractivity contribution in [2.75, 3.05) is 6.61 Å². The minimum atomic E-state index is -2.66. The first-order chi connectivity index (χ1) is 12.5. The van der Waals surface area contributed by atoms with Gasteiger partial charge in [0, 0.05) is 24.5 Å². The van der Waals surface area contributed by atoms with Crippen molar-refractivity contribution < 1.29 is 18.3 Å². The second kappa shape index (κ2) is 8.12. The van der Waals surface area contributed by atoms with E-state index in [1.807, 2.05) is 0 Å². The molecule has 1 fully saturated rings. The number of ether oxygens (including phenoxy) is 1. The number of nitrogens with one attached hydrogen (secondary N) is 1. The van der Waals surface area contributed by atoms with Gasteiger partial charge in [-0.3, -0.25) is 4.79 Å². The third-order valence-electron chi connectivity index (χ3n) is 4.87. The molecule has 1 aliphatic rings. The molecule has 0 saturated heterocycles. The molecule has 0 spiro atoms. The highest BCUT2D eigenvalue weighted by atomic mass is 19.3. The maximum absolute atomic E-state index is 13.0. The maximum Gasteiger partial charge on any atom is 0.280 e. The predicted octanol–water partition coefficient (Wildman–Crippen LogP) is 4.05. The lowest BCUT2D eigenvalue weighted by molar-refractivity contribution is 0.0227. The second-order valence-corrected chi connectivity index (χ2v) is 6.86. The number of halogens is 2. The Bertz CT molecular complexity index is 767. The zero-order chi connectivity index (χ0) is 18.7. The largest absolute Gasteiger partial charge is 0.378 e. The van der Waals surface area contributed by atoms with Crippen molar-refractivity contribution in [3.8, 4) is 0 Å². The van der Waals surface area contributed by atoms with Gasteiger partial charge in [0.05, 0.1) is 11.7 Å². The Labute approximate surface area is 151 Å². The van der Waals surface area contributed by atoms with E-state index in [1.54, 1.807) is 23.6 Å². The first-order valence-electron chi connectivity index (χ1n) is 9.18. The van der Waals surface area contributed by atoms with Gasteiger partial charge in [-0.15, -0.1) is 0 Å². The molecule has 3 rings (SSSR count). The first-order valence-corrected chi connectivity index (χ1v) is 9.18. The first kappa shape index (κ1) is 18.8. The van der Waals surface area contributed by atoms with Crippen molar-refractivity contribution in [2.24, 2.45) is 0 Å². The normalized spacial score (nSPS) is 20.7. The molecule has 0 unspecified atom stereocenters. The molecule has 0 bridgehead atoms. The van der Waals surface area contributed by atoms with E-state index in [-0.39, 0.29) is 29.4 Å². The monoisotopic (exact) mass is 365 g/mol. The van der Waals surface area contributed by atoms with Crippen molar-refractivity contribution in [3.05, 3.63) is 35.3 Å². The van der Waals surface area contributed by atoms with Crippen molar-refractivity contribution in [1.82, 2.24) is 14.7 Å². The number of fused-ring (bicyclic) bond motifs is 1. The fraction of sp³-hybridized carbons (Fsp3) is 0.579. The number of alkyl halides is 2. The van der Waals surface area contributed by atoms with Crippen LogP contribution in [0.4, 0.5) is 8.78 Å². The molecule has 2 aromatic rings. The van der Waals surface area contributed by atoms with Gasteiger partial charge in [0.2, 0.25) is 0 Å². The average Bonchev–Trinajstić information content (AvgIpc) is 3.05. The van der Waals surface area contributed by atoms with Crippen molar-refractivity contribution in [3.63, 3.8) is 0 Å². The topological polar surface area (TPSA) is 55.6 Å². The molecule has 0 atom stereocenters. The van der Waals surface area contributed by atoms with Crippen LogP contribution in [-0.4, -0.2) is 34.0 Å². The fourth-order valence-corrected chi connectivity index (χ4v) is 3.47. The summed E-state index contributed by atoms with van der Waals surface area (Å²) < 4.78 is 33.5. The Kier molecular flexibility index (Phi) is 5.86. The standard InChI is InChI=1S/C19H25F2N3O2/c1-3-10-26-14-6-4-13(5-7-14)22-19(25)15-8-9-24-12(2)11-16(17(20)21)23-18(15)24/h8-9,11,13-14,17H,3-7,10H2,1-2H3,(H,22,25). The number of hydrogen-bond acceptors (Lipinski definition) is 3. The zero-order valence-corrected chi connectivity index (χ0v) is 15.2. The lowest BCUT2D eigenvalue weighted by Crippen LogP contribution is -2.39.